The molecule has 8 heteroatoms. The minimum Gasteiger partial charge on any atom is -0.330 e. The Morgan fingerprint density at radius 1 is 0.962 bits per heavy atom. The Kier molecular flexibility index (Phi) is 3.87. The fourth-order valence-electron chi connectivity index (χ4n) is 2.76. The van der Waals surface area contributed by atoms with Gasteiger partial charge in [-0.25, -0.2) is 9.67 Å². The summed E-state index contributed by atoms with van der Waals surface area (Å²) in [5, 5.41) is 12.9. The molecule has 26 heavy (non-hydrogen) atoms. The quantitative estimate of drug-likeness (QED) is 0.563. The number of hydrogen-bond donors (Lipinski definition) is 0. The molecule has 132 valence electrons. The van der Waals surface area contributed by atoms with Crippen molar-refractivity contribution >= 4 is 0 Å². The van der Waals surface area contributed by atoms with Crippen LogP contribution >= 0.6 is 0 Å². The Hall–Kier alpha value is -3.29. The molecule has 0 radical (unpaired) electrons. The fraction of sp³-hybridized carbons (Fsp3) is 0.278. The number of aromatic nitrogens is 7. The van der Waals surface area contributed by atoms with Gasteiger partial charge in [-0.05, 0) is 26.8 Å². The van der Waals surface area contributed by atoms with Crippen LogP contribution in [-0.2, 0) is 13.6 Å². The van der Waals surface area contributed by atoms with Crippen LogP contribution in [0.2, 0.25) is 0 Å². The first kappa shape index (κ1) is 16.2. The van der Waals surface area contributed by atoms with Crippen molar-refractivity contribution < 1.29 is 4.52 Å². The summed E-state index contributed by atoms with van der Waals surface area (Å²) in [6, 6.07) is 9.98. The third-order valence-electron chi connectivity index (χ3n) is 4.19. The molecule has 1 aromatic carbocycles. The molecule has 0 aliphatic heterocycles. The van der Waals surface area contributed by atoms with Crippen molar-refractivity contribution in [3.05, 3.63) is 53.1 Å². The van der Waals surface area contributed by atoms with E-state index in [9.17, 15) is 0 Å². The normalized spacial score (nSPS) is 11.2. The average molecular weight is 349 g/mol. The van der Waals surface area contributed by atoms with Crippen molar-refractivity contribution in [3.8, 4) is 23.1 Å². The molecule has 0 saturated carbocycles. The first-order valence-electron chi connectivity index (χ1n) is 8.31. The molecule has 4 rings (SSSR count). The van der Waals surface area contributed by atoms with E-state index in [1.165, 1.54) is 5.56 Å². The van der Waals surface area contributed by atoms with Gasteiger partial charge in [0.25, 0.3) is 5.89 Å². The number of hydrogen-bond acceptors (Lipinski definition) is 6. The third-order valence-corrected chi connectivity index (χ3v) is 4.19. The van der Waals surface area contributed by atoms with Crippen LogP contribution in [0.3, 0.4) is 0 Å². The molecule has 0 spiro atoms. The van der Waals surface area contributed by atoms with E-state index in [4.69, 9.17) is 4.52 Å². The van der Waals surface area contributed by atoms with Crippen LogP contribution in [0.15, 0.2) is 34.9 Å². The van der Waals surface area contributed by atoms with E-state index in [2.05, 4.69) is 25.3 Å². The molecular formula is C18H19N7O. The van der Waals surface area contributed by atoms with Gasteiger partial charge in [-0.3, -0.25) is 4.68 Å². The van der Waals surface area contributed by atoms with Crippen molar-refractivity contribution in [1.82, 2.24) is 34.7 Å². The van der Waals surface area contributed by atoms with E-state index >= 15 is 0 Å². The predicted molar refractivity (Wildman–Crippen MR) is 95.3 cm³/mol. The maximum Gasteiger partial charge on any atom is 0.297 e. The lowest BCUT2D eigenvalue weighted by Gasteiger charge is -2.02. The van der Waals surface area contributed by atoms with Crippen molar-refractivity contribution in [2.45, 2.75) is 27.3 Å². The monoisotopic (exact) mass is 349 g/mol. The van der Waals surface area contributed by atoms with Crippen LogP contribution < -0.4 is 0 Å². The Balaban J connectivity index is 1.61. The minimum atomic E-state index is 0.309. The first-order chi connectivity index (χ1) is 12.5. The van der Waals surface area contributed by atoms with E-state index in [1.54, 1.807) is 0 Å². The lowest BCUT2D eigenvalue weighted by molar-refractivity contribution is 0.429. The van der Waals surface area contributed by atoms with Gasteiger partial charge in [0.15, 0.2) is 0 Å². The summed E-state index contributed by atoms with van der Waals surface area (Å²) >= 11 is 0. The predicted octanol–water partition coefficient (Wildman–Crippen LogP) is 2.70. The number of aryl methyl sites for hydroxylation is 4. The van der Waals surface area contributed by atoms with Gasteiger partial charge >= 0.3 is 0 Å². The number of benzene rings is 1. The molecule has 0 amide bonds. The Morgan fingerprint density at radius 3 is 2.42 bits per heavy atom. The molecule has 0 bridgehead atoms. The van der Waals surface area contributed by atoms with Gasteiger partial charge in [0.2, 0.25) is 11.6 Å². The largest absolute Gasteiger partial charge is 0.330 e. The Labute approximate surface area is 150 Å². The van der Waals surface area contributed by atoms with Gasteiger partial charge in [0, 0.05) is 12.6 Å². The minimum absolute atomic E-state index is 0.309. The van der Waals surface area contributed by atoms with Gasteiger partial charge < -0.3 is 4.52 Å². The van der Waals surface area contributed by atoms with Crippen LogP contribution in [0.4, 0.5) is 0 Å². The summed E-state index contributed by atoms with van der Waals surface area (Å²) in [6.45, 7) is 6.48. The van der Waals surface area contributed by atoms with Crippen molar-refractivity contribution in [2.24, 2.45) is 7.05 Å². The molecule has 0 unspecified atom stereocenters. The molecule has 0 aliphatic carbocycles. The standard InChI is InChI=1S/C18H19N7O/c1-11-5-7-14(8-6-11)16-20-18(26-23-16)17-19-13(3)25(22-17)10-15-9-12(2)21-24(15)4/h5-9H,10H2,1-4H3. The van der Waals surface area contributed by atoms with Gasteiger partial charge in [-0.1, -0.05) is 35.0 Å². The SMILES string of the molecule is Cc1ccc(-c2noc(-c3nc(C)n(Cc4cc(C)nn4C)n3)n2)cc1. The average Bonchev–Trinajstić information content (AvgIpc) is 3.29. The van der Waals surface area contributed by atoms with E-state index < -0.39 is 0 Å². The Bertz CT molecular complexity index is 1060. The lowest BCUT2D eigenvalue weighted by atomic mass is 10.1. The second-order valence-corrected chi connectivity index (χ2v) is 6.33. The zero-order chi connectivity index (χ0) is 18.3. The Morgan fingerprint density at radius 2 is 1.73 bits per heavy atom. The molecule has 3 aromatic heterocycles. The maximum atomic E-state index is 5.36. The van der Waals surface area contributed by atoms with Crippen LogP contribution in [0.25, 0.3) is 23.1 Å². The van der Waals surface area contributed by atoms with Gasteiger partial charge in [-0.2, -0.15) is 10.1 Å². The molecule has 8 nitrogen and oxygen atoms in total. The second-order valence-electron chi connectivity index (χ2n) is 6.33. The van der Waals surface area contributed by atoms with Crippen LogP contribution in [0, 0.1) is 20.8 Å². The van der Waals surface area contributed by atoms with Gasteiger partial charge in [-0.15, -0.1) is 5.10 Å². The van der Waals surface area contributed by atoms with Crippen LogP contribution in [0.1, 0.15) is 22.8 Å². The van der Waals surface area contributed by atoms with Gasteiger partial charge in [0.05, 0.1) is 17.9 Å². The maximum absolute atomic E-state index is 5.36. The molecule has 3 heterocycles. The van der Waals surface area contributed by atoms with Crippen molar-refractivity contribution in [1.29, 1.82) is 0 Å². The summed E-state index contributed by atoms with van der Waals surface area (Å²) < 4.78 is 9.02. The lowest BCUT2D eigenvalue weighted by Crippen LogP contribution is -2.08. The molecule has 0 N–H and O–H groups in total. The summed E-state index contributed by atoms with van der Waals surface area (Å²) in [6.07, 6.45) is 0. The van der Waals surface area contributed by atoms with Crippen molar-refractivity contribution in [2.75, 3.05) is 0 Å². The molecule has 0 aliphatic rings. The summed E-state index contributed by atoms with van der Waals surface area (Å²) in [5.74, 6) is 2.03. The zero-order valence-electron chi connectivity index (χ0n) is 15.1. The van der Waals surface area contributed by atoms with E-state index in [0.717, 1.165) is 22.8 Å². The van der Waals surface area contributed by atoms with E-state index in [-0.39, 0.29) is 0 Å². The molecule has 0 saturated heterocycles. The topological polar surface area (TPSA) is 87.5 Å². The highest BCUT2D eigenvalue weighted by atomic mass is 16.5. The summed E-state index contributed by atoms with van der Waals surface area (Å²) in [4.78, 5) is 8.89. The summed E-state index contributed by atoms with van der Waals surface area (Å²) in [7, 11) is 1.92. The molecule has 0 fully saturated rings. The molecule has 4 aromatic rings. The van der Waals surface area contributed by atoms with Crippen LogP contribution in [0.5, 0.6) is 0 Å². The second kappa shape index (κ2) is 6.21. The smallest absolute Gasteiger partial charge is 0.297 e. The number of rotatable bonds is 4. The van der Waals surface area contributed by atoms with Crippen molar-refractivity contribution in [3.63, 3.8) is 0 Å². The third kappa shape index (κ3) is 3.01. The number of nitrogens with zero attached hydrogens (tertiary/aromatic N) is 7. The first-order valence-corrected chi connectivity index (χ1v) is 8.31. The molecular weight excluding hydrogens is 330 g/mol. The highest BCUT2D eigenvalue weighted by molar-refractivity contribution is 5.57. The highest BCUT2D eigenvalue weighted by Gasteiger charge is 2.17. The highest BCUT2D eigenvalue weighted by Crippen LogP contribution is 2.21. The van der Waals surface area contributed by atoms with Crippen LogP contribution in [-0.4, -0.2) is 34.7 Å². The van der Waals surface area contributed by atoms with Gasteiger partial charge in [0.1, 0.15) is 5.82 Å². The molecule has 0 atom stereocenters. The fourth-order valence-corrected chi connectivity index (χ4v) is 2.76. The van der Waals surface area contributed by atoms with E-state index in [0.29, 0.717) is 24.1 Å². The summed E-state index contributed by atoms with van der Waals surface area (Å²) in [5.41, 5.74) is 4.10. The zero-order valence-corrected chi connectivity index (χ0v) is 15.1. The van der Waals surface area contributed by atoms with E-state index in [1.807, 2.05) is 67.5 Å².